The van der Waals surface area contributed by atoms with Crippen molar-refractivity contribution in [2.24, 2.45) is 0 Å². The lowest BCUT2D eigenvalue weighted by Crippen LogP contribution is -2.33. The molecule has 1 fully saturated rings. The Hall–Kier alpha value is -2.80. The van der Waals surface area contributed by atoms with E-state index in [0.717, 1.165) is 18.2 Å². The smallest absolute Gasteiger partial charge is 0.273 e. The van der Waals surface area contributed by atoms with Crippen LogP contribution in [-0.4, -0.2) is 37.9 Å². The third-order valence-electron chi connectivity index (χ3n) is 4.76. The Morgan fingerprint density at radius 2 is 2.08 bits per heavy atom. The van der Waals surface area contributed by atoms with Crippen molar-refractivity contribution in [2.75, 3.05) is 6.54 Å². The lowest BCUT2D eigenvalue weighted by Gasteiger charge is -2.25. The number of hydrogen-bond acceptors (Lipinski definition) is 3. The monoisotopic (exact) mass is 357 g/mol. The summed E-state index contributed by atoms with van der Waals surface area (Å²) in [6, 6.07) is 7.81. The molecular weight excluding hydrogens is 340 g/mol. The maximum atomic E-state index is 14.3. The number of pyridine rings is 1. The van der Waals surface area contributed by atoms with E-state index in [0.29, 0.717) is 17.0 Å². The zero-order chi connectivity index (χ0) is 18.4. The molecule has 0 aliphatic carbocycles. The van der Waals surface area contributed by atoms with Crippen LogP contribution < -0.4 is 0 Å². The Morgan fingerprint density at radius 3 is 2.88 bits per heavy atom. The summed E-state index contributed by atoms with van der Waals surface area (Å²) in [6.45, 7) is 1.78. The lowest BCUT2D eigenvalue weighted by atomic mass is 10.0. The van der Waals surface area contributed by atoms with Gasteiger partial charge in [-0.2, -0.15) is 0 Å². The second kappa shape index (κ2) is 6.17. The minimum absolute atomic E-state index is 0.0545. The topological polar surface area (TPSA) is 57.8 Å². The first-order valence-corrected chi connectivity index (χ1v) is 8.33. The van der Waals surface area contributed by atoms with Crippen molar-refractivity contribution in [2.45, 2.75) is 25.5 Å². The average molecular weight is 357 g/mol. The third-order valence-corrected chi connectivity index (χ3v) is 4.76. The normalized spacial score (nSPS) is 20.1. The molecule has 134 valence electrons. The third kappa shape index (κ3) is 2.64. The summed E-state index contributed by atoms with van der Waals surface area (Å²) in [4.78, 5) is 19.0. The van der Waals surface area contributed by atoms with E-state index >= 15 is 0 Å². The molecule has 0 saturated carbocycles. The van der Waals surface area contributed by atoms with Crippen molar-refractivity contribution in [3.63, 3.8) is 0 Å². The summed E-state index contributed by atoms with van der Waals surface area (Å²) in [6.07, 6.45) is 1.08. The quantitative estimate of drug-likeness (QED) is 0.767. The molecule has 1 amide bonds. The SMILES string of the molecule is Cc1nc2ccccn2c1C(=O)N1CC(O)CC1c1cc(F)ccc1F. The van der Waals surface area contributed by atoms with Gasteiger partial charge in [-0.3, -0.25) is 9.20 Å². The van der Waals surface area contributed by atoms with Gasteiger partial charge >= 0.3 is 0 Å². The van der Waals surface area contributed by atoms with Gasteiger partial charge in [-0.1, -0.05) is 6.07 Å². The van der Waals surface area contributed by atoms with Gasteiger partial charge in [0.1, 0.15) is 23.0 Å². The van der Waals surface area contributed by atoms with E-state index in [1.165, 1.54) is 4.90 Å². The number of hydrogen-bond donors (Lipinski definition) is 1. The Balaban J connectivity index is 1.78. The van der Waals surface area contributed by atoms with Crippen LogP contribution in [0, 0.1) is 18.6 Å². The zero-order valence-corrected chi connectivity index (χ0v) is 14.1. The molecule has 1 aliphatic heterocycles. The van der Waals surface area contributed by atoms with E-state index in [4.69, 9.17) is 0 Å². The molecule has 1 aliphatic rings. The van der Waals surface area contributed by atoms with Gasteiger partial charge < -0.3 is 10.0 Å². The highest BCUT2D eigenvalue weighted by Gasteiger charge is 2.38. The fraction of sp³-hybridized carbons (Fsp3) is 0.263. The molecule has 0 radical (unpaired) electrons. The van der Waals surface area contributed by atoms with Crippen LogP contribution in [0.3, 0.4) is 0 Å². The lowest BCUT2D eigenvalue weighted by molar-refractivity contribution is 0.0706. The highest BCUT2D eigenvalue weighted by atomic mass is 19.1. The summed E-state index contributed by atoms with van der Waals surface area (Å²) in [7, 11) is 0. The van der Waals surface area contributed by atoms with Crippen molar-refractivity contribution in [3.8, 4) is 0 Å². The van der Waals surface area contributed by atoms with Crippen molar-refractivity contribution in [1.82, 2.24) is 14.3 Å². The highest BCUT2D eigenvalue weighted by Crippen LogP contribution is 2.35. The van der Waals surface area contributed by atoms with E-state index in [1.807, 2.05) is 6.07 Å². The molecule has 2 aromatic heterocycles. The van der Waals surface area contributed by atoms with Crippen LogP contribution in [0.1, 0.15) is 34.2 Å². The standard InChI is InChI=1S/C19H17F2N3O2/c1-11-18(23-7-3-2-4-17(23)22-11)19(26)24-10-13(25)9-16(24)14-8-12(20)5-6-15(14)21/h2-8,13,16,25H,9-10H2,1H3. The molecule has 0 spiro atoms. The van der Waals surface area contributed by atoms with Crippen LogP contribution in [0.2, 0.25) is 0 Å². The van der Waals surface area contributed by atoms with Crippen LogP contribution in [0.25, 0.3) is 5.65 Å². The van der Waals surface area contributed by atoms with Gasteiger partial charge in [0, 0.05) is 18.3 Å². The number of aliphatic hydroxyl groups excluding tert-OH is 1. The number of carbonyl (C=O) groups excluding carboxylic acids is 1. The number of carbonyl (C=O) groups is 1. The van der Waals surface area contributed by atoms with E-state index in [9.17, 15) is 18.7 Å². The second-order valence-corrected chi connectivity index (χ2v) is 6.50. The Kier molecular flexibility index (Phi) is 3.96. The molecular formula is C19H17F2N3O2. The molecule has 5 nitrogen and oxygen atoms in total. The maximum absolute atomic E-state index is 14.3. The first kappa shape index (κ1) is 16.7. The number of likely N-dealkylation sites (tertiary alicyclic amines) is 1. The van der Waals surface area contributed by atoms with E-state index in [2.05, 4.69) is 4.98 Å². The predicted molar refractivity (Wildman–Crippen MR) is 90.7 cm³/mol. The molecule has 1 aromatic carbocycles. The van der Waals surface area contributed by atoms with Gasteiger partial charge in [-0.05, 0) is 43.7 Å². The minimum Gasteiger partial charge on any atom is -0.391 e. The van der Waals surface area contributed by atoms with Gasteiger partial charge in [0.05, 0.1) is 17.8 Å². The van der Waals surface area contributed by atoms with E-state index < -0.39 is 23.8 Å². The number of aryl methyl sites for hydroxylation is 1. The Morgan fingerprint density at radius 1 is 1.27 bits per heavy atom. The van der Waals surface area contributed by atoms with Gasteiger partial charge in [0.15, 0.2) is 0 Å². The molecule has 0 bridgehead atoms. The van der Waals surface area contributed by atoms with Crippen LogP contribution >= 0.6 is 0 Å². The number of benzene rings is 1. The van der Waals surface area contributed by atoms with Gasteiger partial charge in [0.25, 0.3) is 5.91 Å². The predicted octanol–water partition coefficient (Wildman–Crippen LogP) is 2.87. The molecule has 1 saturated heterocycles. The first-order chi connectivity index (χ1) is 12.5. The number of halogens is 2. The van der Waals surface area contributed by atoms with Crippen molar-refractivity contribution < 1.29 is 18.7 Å². The molecule has 1 N–H and O–H groups in total. The van der Waals surface area contributed by atoms with E-state index in [1.54, 1.807) is 29.7 Å². The maximum Gasteiger partial charge on any atom is 0.273 e. The van der Waals surface area contributed by atoms with Gasteiger partial charge in [0.2, 0.25) is 0 Å². The fourth-order valence-corrected chi connectivity index (χ4v) is 3.61. The number of imidazole rings is 1. The number of aliphatic hydroxyl groups is 1. The van der Waals surface area contributed by atoms with Crippen LogP contribution in [0.15, 0.2) is 42.6 Å². The summed E-state index contributed by atoms with van der Waals surface area (Å²) in [5, 5.41) is 10.1. The van der Waals surface area contributed by atoms with Crippen LogP contribution in [-0.2, 0) is 0 Å². The Labute approximate surface area is 148 Å². The largest absolute Gasteiger partial charge is 0.391 e. The summed E-state index contributed by atoms with van der Waals surface area (Å²) >= 11 is 0. The Bertz CT molecular complexity index is 1000. The first-order valence-electron chi connectivity index (χ1n) is 8.33. The van der Waals surface area contributed by atoms with Crippen LogP contribution in [0.4, 0.5) is 8.78 Å². The number of aromatic nitrogens is 2. The van der Waals surface area contributed by atoms with Gasteiger partial charge in [-0.25, -0.2) is 13.8 Å². The molecule has 3 heterocycles. The number of fused-ring (bicyclic) bond motifs is 1. The number of β-amino-alcohol motifs (C(OH)–C–C–N with tert-alkyl or cyclic N) is 1. The molecule has 4 rings (SSSR count). The molecule has 26 heavy (non-hydrogen) atoms. The molecule has 2 unspecified atom stereocenters. The highest BCUT2D eigenvalue weighted by molar-refractivity contribution is 5.95. The van der Waals surface area contributed by atoms with Crippen molar-refractivity contribution in [1.29, 1.82) is 0 Å². The fourth-order valence-electron chi connectivity index (χ4n) is 3.61. The molecule has 3 aromatic rings. The number of rotatable bonds is 2. The van der Waals surface area contributed by atoms with Gasteiger partial charge in [-0.15, -0.1) is 0 Å². The zero-order valence-electron chi connectivity index (χ0n) is 14.1. The average Bonchev–Trinajstić information content (AvgIpc) is 3.15. The summed E-state index contributed by atoms with van der Waals surface area (Å²) in [5.41, 5.74) is 1.60. The second-order valence-electron chi connectivity index (χ2n) is 6.50. The van der Waals surface area contributed by atoms with Crippen molar-refractivity contribution >= 4 is 11.6 Å². The number of amides is 1. The summed E-state index contributed by atoms with van der Waals surface area (Å²) < 4.78 is 29.5. The summed E-state index contributed by atoms with van der Waals surface area (Å²) in [5.74, 6) is -1.55. The number of nitrogens with zero attached hydrogens (tertiary/aromatic N) is 3. The van der Waals surface area contributed by atoms with Crippen molar-refractivity contribution in [3.05, 3.63) is 71.2 Å². The minimum atomic E-state index is -0.800. The molecule has 7 heteroatoms. The van der Waals surface area contributed by atoms with Crippen LogP contribution in [0.5, 0.6) is 0 Å². The molecule has 2 atom stereocenters. The van der Waals surface area contributed by atoms with E-state index in [-0.39, 0.29) is 24.4 Å².